The zero-order valence-electron chi connectivity index (χ0n) is 13.1. The Bertz CT molecular complexity index is 859. The van der Waals surface area contributed by atoms with Crippen molar-refractivity contribution in [1.29, 1.82) is 0 Å². The standard InChI is InChI=1S/C15H17ClIN5Si/c1-23(2,3)22-9-19-12-13(20-15(16)21-14(12)22)18-8-10-5-4-6-11(17)7-10/h4-7,9H,8H2,1-3H3,(H,18,20,21). The van der Waals surface area contributed by atoms with Crippen LogP contribution in [-0.4, -0.2) is 27.4 Å². The zero-order chi connectivity index (χ0) is 16.6. The maximum Gasteiger partial charge on any atom is 0.226 e. The minimum absolute atomic E-state index is 0.239. The molecule has 2 aromatic heterocycles. The van der Waals surface area contributed by atoms with Gasteiger partial charge in [-0.15, -0.1) is 0 Å². The molecule has 0 spiro atoms. The molecule has 0 radical (unpaired) electrons. The quantitative estimate of drug-likeness (QED) is 0.359. The summed E-state index contributed by atoms with van der Waals surface area (Å²) in [6.07, 6.45) is 1.85. The van der Waals surface area contributed by atoms with Gasteiger partial charge in [-0.25, -0.2) is 4.98 Å². The molecule has 0 saturated carbocycles. The fourth-order valence-electron chi connectivity index (χ4n) is 2.32. The van der Waals surface area contributed by atoms with Gasteiger partial charge in [0.2, 0.25) is 5.28 Å². The Morgan fingerprint density at radius 2 is 2.04 bits per heavy atom. The van der Waals surface area contributed by atoms with Crippen LogP contribution in [-0.2, 0) is 6.54 Å². The summed E-state index contributed by atoms with van der Waals surface area (Å²) in [5.41, 5.74) is 2.75. The van der Waals surface area contributed by atoms with Gasteiger partial charge in [0.15, 0.2) is 19.7 Å². The second-order valence-electron chi connectivity index (χ2n) is 6.28. The lowest BCUT2D eigenvalue weighted by molar-refractivity contribution is 1.08. The summed E-state index contributed by atoms with van der Waals surface area (Å²) in [5, 5.41) is 3.58. The Morgan fingerprint density at radius 1 is 1.26 bits per heavy atom. The highest BCUT2D eigenvalue weighted by molar-refractivity contribution is 14.1. The predicted molar refractivity (Wildman–Crippen MR) is 106 cm³/mol. The van der Waals surface area contributed by atoms with Crippen LogP contribution in [0.15, 0.2) is 30.6 Å². The number of halogens is 2. The van der Waals surface area contributed by atoms with Crippen LogP contribution in [0.4, 0.5) is 5.82 Å². The third-order valence-electron chi connectivity index (χ3n) is 3.44. The molecule has 2 heterocycles. The molecule has 0 aliphatic heterocycles. The molecule has 0 fully saturated rings. The average molecular weight is 458 g/mol. The number of nitrogens with one attached hydrogen (secondary N) is 1. The van der Waals surface area contributed by atoms with Crippen LogP contribution in [0.3, 0.4) is 0 Å². The van der Waals surface area contributed by atoms with E-state index in [9.17, 15) is 0 Å². The number of benzene rings is 1. The molecule has 1 N–H and O–H groups in total. The van der Waals surface area contributed by atoms with E-state index in [1.165, 1.54) is 9.13 Å². The Kier molecular flexibility index (Phi) is 4.61. The normalized spacial score (nSPS) is 11.9. The van der Waals surface area contributed by atoms with Gasteiger partial charge >= 0.3 is 0 Å². The SMILES string of the molecule is C[Si](C)(C)n1cnc2c(NCc3cccc(I)c3)nc(Cl)nc21. The van der Waals surface area contributed by atoms with Crippen molar-refractivity contribution in [1.82, 2.24) is 19.2 Å². The lowest BCUT2D eigenvalue weighted by Gasteiger charge is -2.18. The molecule has 0 saturated heterocycles. The molecular formula is C15H17ClIN5Si. The summed E-state index contributed by atoms with van der Waals surface area (Å²) in [5.74, 6) is 0.677. The van der Waals surface area contributed by atoms with Crippen LogP contribution in [0.5, 0.6) is 0 Å². The predicted octanol–water partition coefficient (Wildman–Crippen LogP) is 4.38. The van der Waals surface area contributed by atoms with Gasteiger partial charge in [-0.3, -0.25) is 0 Å². The first-order chi connectivity index (χ1) is 10.8. The van der Waals surface area contributed by atoms with Crippen LogP contribution in [0.2, 0.25) is 24.9 Å². The molecular weight excluding hydrogens is 441 g/mol. The zero-order valence-corrected chi connectivity index (χ0v) is 17.1. The van der Waals surface area contributed by atoms with Gasteiger partial charge in [-0.1, -0.05) is 31.8 Å². The highest BCUT2D eigenvalue weighted by Crippen LogP contribution is 2.24. The van der Waals surface area contributed by atoms with E-state index in [1.807, 2.05) is 12.4 Å². The van der Waals surface area contributed by atoms with E-state index in [0.29, 0.717) is 12.4 Å². The van der Waals surface area contributed by atoms with Gasteiger partial charge < -0.3 is 9.55 Å². The van der Waals surface area contributed by atoms with Crippen molar-refractivity contribution in [2.45, 2.75) is 26.2 Å². The number of anilines is 1. The maximum atomic E-state index is 6.12. The molecule has 3 aromatic rings. The number of fused-ring (bicyclic) bond motifs is 1. The van der Waals surface area contributed by atoms with Gasteiger partial charge in [0.05, 0.1) is 6.33 Å². The fraction of sp³-hybridized carbons (Fsp3) is 0.267. The molecule has 120 valence electrons. The Morgan fingerprint density at radius 3 is 2.74 bits per heavy atom. The van der Waals surface area contributed by atoms with Crippen molar-refractivity contribution in [3.8, 4) is 0 Å². The second kappa shape index (κ2) is 6.37. The molecule has 5 nitrogen and oxygen atoms in total. The number of aromatic nitrogens is 4. The van der Waals surface area contributed by atoms with Crippen LogP contribution in [0, 0.1) is 3.57 Å². The number of rotatable bonds is 4. The molecule has 0 bridgehead atoms. The molecule has 0 aliphatic rings. The number of imidazole rings is 1. The van der Waals surface area contributed by atoms with Crippen LogP contribution in [0.1, 0.15) is 5.56 Å². The van der Waals surface area contributed by atoms with Gasteiger partial charge in [-0.2, -0.15) is 9.97 Å². The van der Waals surface area contributed by atoms with E-state index in [-0.39, 0.29) is 5.28 Å². The Labute approximate surface area is 154 Å². The minimum atomic E-state index is -1.61. The van der Waals surface area contributed by atoms with Crippen LogP contribution >= 0.6 is 34.2 Å². The van der Waals surface area contributed by atoms with Crippen molar-refractivity contribution in [2.24, 2.45) is 0 Å². The van der Waals surface area contributed by atoms with Crippen LogP contribution in [0.25, 0.3) is 11.2 Å². The third kappa shape index (κ3) is 3.67. The minimum Gasteiger partial charge on any atom is -0.364 e. The maximum absolute atomic E-state index is 6.12. The molecule has 0 aliphatic carbocycles. The summed E-state index contributed by atoms with van der Waals surface area (Å²) in [6, 6.07) is 8.32. The van der Waals surface area contributed by atoms with E-state index in [4.69, 9.17) is 11.6 Å². The highest BCUT2D eigenvalue weighted by atomic mass is 127. The number of hydrogen-bond acceptors (Lipinski definition) is 4. The lowest BCUT2D eigenvalue weighted by Crippen LogP contribution is -2.31. The Hall–Kier alpha value is -1.19. The first-order valence-electron chi connectivity index (χ1n) is 7.24. The summed E-state index contributed by atoms with van der Waals surface area (Å²) >= 11 is 8.43. The second-order valence-corrected chi connectivity index (χ2v) is 12.7. The lowest BCUT2D eigenvalue weighted by atomic mass is 10.2. The van der Waals surface area contributed by atoms with Crippen molar-refractivity contribution in [2.75, 3.05) is 5.32 Å². The van der Waals surface area contributed by atoms with Gasteiger partial charge in [0.1, 0.15) is 5.52 Å². The topological polar surface area (TPSA) is 55.6 Å². The number of nitrogens with zero attached hydrogens (tertiary/aromatic N) is 4. The summed E-state index contributed by atoms with van der Waals surface area (Å²) in [6.45, 7) is 7.38. The van der Waals surface area contributed by atoms with Crippen molar-refractivity contribution < 1.29 is 0 Å². The van der Waals surface area contributed by atoms with Crippen molar-refractivity contribution >= 4 is 59.4 Å². The van der Waals surface area contributed by atoms with E-state index >= 15 is 0 Å². The molecule has 0 amide bonds. The summed E-state index contributed by atoms with van der Waals surface area (Å²) in [7, 11) is -1.61. The molecule has 1 aromatic carbocycles. The van der Waals surface area contributed by atoms with E-state index in [2.05, 4.69) is 84.9 Å². The monoisotopic (exact) mass is 457 g/mol. The average Bonchev–Trinajstić information content (AvgIpc) is 2.88. The van der Waals surface area contributed by atoms with Gasteiger partial charge in [0.25, 0.3) is 0 Å². The van der Waals surface area contributed by atoms with Gasteiger partial charge in [-0.05, 0) is 51.9 Å². The van der Waals surface area contributed by atoms with Gasteiger partial charge in [0, 0.05) is 10.1 Å². The molecule has 0 unspecified atom stereocenters. The molecule has 23 heavy (non-hydrogen) atoms. The summed E-state index contributed by atoms with van der Waals surface area (Å²) < 4.78 is 3.35. The number of hydrogen-bond donors (Lipinski definition) is 1. The summed E-state index contributed by atoms with van der Waals surface area (Å²) in [4.78, 5) is 13.2. The third-order valence-corrected chi connectivity index (χ3v) is 6.05. The van der Waals surface area contributed by atoms with Crippen molar-refractivity contribution in [3.05, 3.63) is 45.0 Å². The van der Waals surface area contributed by atoms with E-state index < -0.39 is 8.24 Å². The largest absolute Gasteiger partial charge is 0.364 e. The molecule has 0 atom stereocenters. The first-order valence-corrected chi connectivity index (χ1v) is 12.1. The van der Waals surface area contributed by atoms with Crippen molar-refractivity contribution in [3.63, 3.8) is 0 Å². The highest BCUT2D eigenvalue weighted by Gasteiger charge is 2.22. The van der Waals surface area contributed by atoms with E-state index in [0.717, 1.165) is 11.2 Å². The van der Waals surface area contributed by atoms with E-state index in [1.54, 1.807) is 0 Å². The molecule has 8 heteroatoms. The Balaban J connectivity index is 1.96. The van der Waals surface area contributed by atoms with Crippen LogP contribution < -0.4 is 5.32 Å². The smallest absolute Gasteiger partial charge is 0.226 e. The molecule has 3 rings (SSSR count). The first kappa shape index (κ1) is 16.7. The fourth-order valence-corrected chi connectivity index (χ4v) is 4.29.